The number of nitrogens with zero attached hydrogens (tertiary/aromatic N) is 2. The van der Waals surface area contributed by atoms with Gasteiger partial charge in [0, 0.05) is 30.4 Å². The van der Waals surface area contributed by atoms with Crippen molar-refractivity contribution < 1.29 is 9.53 Å². The molecule has 0 spiro atoms. The van der Waals surface area contributed by atoms with Crippen molar-refractivity contribution in [1.29, 1.82) is 5.26 Å². The Morgan fingerprint density at radius 2 is 1.72 bits per heavy atom. The number of carbonyl (C=O) groups is 1. The smallest absolute Gasteiger partial charge is 0.255 e. The van der Waals surface area contributed by atoms with E-state index in [1.165, 1.54) is 0 Å². The van der Waals surface area contributed by atoms with Gasteiger partial charge in [-0.2, -0.15) is 5.26 Å². The highest BCUT2D eigenvalue weighted by molar-refractivity contribution is 6.05. The second kappa shape index (κ2) is 9.43. The summed E-state index contributed by atoms with van der Waals surface area (Å²) in [4.78, 5) is 15.0. The van der Waals surface area contributed by atoms with E-state index in [0.717, 1.165) is 18.8 Å². The number of hydrogen-bond donors (Lipinski definition) is 1. The van der Waals surface area contributed by atoms with E-state index < -0.39 is 0 Å². The molecule has 0 atom stereocenters. The number of para-hydroxylation sites is 1. The van der Waals surface area contributed by atoms with E-state index in [1.54, 1.807) is 24.3 Å². The second-order valence-electron chi connectivity index (χ2n) is 6.41. The predicted octanol–water partition coefficient (Wildman–Crippen LogP) is 5.45. The first-order valence-corrected chi connectivity index (χ1v) is 9.58. The second-order valence-corrected chi connectivity index (χ2v) is 6.41. The average molecular weight is 385 g/mol. The van der Waals surface area contributed by atoms with Gasteiger partial charge < -0.3 is 15.0 Å². The summed E-state index contributed by atoms with van der Waals surface area (Å²) in [6.07, 6.45) is 0. The molecule has 5 nitrogen and oxygen atoms in total. The Morgan fingerprint density at radius 3 is 2.41 bits per heavy atom. The molecule has 29 heavy (non-hydrogen) atoms. The van der Waals surface area contributed by atoms with Crippen LogP contribution in [0.2, 0.25) is 0 Å². The average Bonchev–Trinajstić information content (AvgIpc) is 2.76. The largest absolute Gasteiger partial charge is 0.457 e. The van der Waals surface area contributed by atoms with E-state index in [1.807, 2.05) is 48.5 Å². The summed E-state index contributed by atoms with van der Waals surface area (Å²) in [5, 5.41) is 12.3. The van der Waals surface area contributed by atoms with Gasteiger partial charge in [0.1, 0.15) is 17.6 Å². The summed E-state index contributed by atoms with van der Waals surface area (Å²) >= 11 is 0. The highest BCUT2D eigenvalue weighted by Gasteiger charge is 2.12. The van der Waals surface area contributed by atoms with Gasteiger partial charge >= 0.3 is 0 Å². The fourth-order valence-electron chi connectivity index (χ4n) is 3.04. The van der Waals surface area contributed by atoms with Crippen LogP contribution in [0, 0.1) is 11.3 Å². The fraction of sp³-hybridized carbons (Fsp3) is 0.167. The molecule has 0 saturated heterocycles. The molecule has 0 aromatic heterocycles. The Morgan fingerprint density at radius 1 is 0.966 bits per heavy atom. The number of ether oxygens (including phenoxy) is 1. The normalized spacial score (nSPS) is 10.1. The molecule has 0 radical (unpaired) electrons. The molecule has 0 aliphatic carbocycles. The molecule has 0 unspecified atom stereocenters. The minimum atomic E-state index is -0.271. The third-order valence-corrected chi connectivity index (χ3v) is 4.58. The molecule has 0 saturated carbocycles. The summed E-state index contributed by atoms with van der Waals surface area (Å²) in [5.74, 6) is 0.955. The van der Waals surface area contributed by atoms with Crippen LogP contribution < -0.4 is 15.0 Å². The minimum absolute atomic E-state index is 0.271. The van der Waals surface area contributed by atoms with Gasteiger partial charge in [0.15, 0.2) is 0 Å². The lowest BCUT2D eigenvalue weighted by Gasteiger charge is -2.21. The van der Waals surface area contributed by atoms with Crippen LogP contribution in [0.4, 0.5) is 11.4 Å². The Hall–Kier alpha value is -3.78. The van der Waals surface area contributed by atoms with Crippen molar-refractivity contribution in [2.75, 3.05) is 23.3 Å². The van der Waals surface area contributed by atoms with Gasteiger partial charge in [-0.15, -0.1) is 0 Å². The highest BCUT2D eigenvalue weighted by atomic mass is 16.5. The van der Waals surface area contributed by atoms with E-state index in [-0.39, 0.29) is 5.91 Å². The van der Waals surface area contributed by atoms with Crippen molar-refractivity contribution in [1.82, 2.24) is 0 Å². The van der Waals surface area contributed by atoms with Crippen LogP contribution >= 0.6 is 0 Å². The molecule has 3 rings (SSSR count). The summed E-state index contributed by atoms with van der Waals surface area (Å²) in [6.45, 7) is 5.87. The predicted molar refractivity (Wildman–Crippen MR) is 116 cm³/mol. The lowest BCUT2D eigenvalue weighted by atomic mass is 10.1. The number of nitriles is 1. The lowest BCUT2D eigenvalue weighted by molar-refractivity contribution is 0.102. The molecule has 146 valence electrons. The van der Waals surface area contributed by atoms with Crippen molar-refractivity contribution in [2.45, 2.75) is 13.8 Å². The van der Waals surface area contributed by atoms with Crippen molar-refractivity contribution in [3.63, 3.8) is 0 Å². The minimum Gasteiger partial charge on any atom is -0.457 e. The van der Waals surface area contributed by atoms with Gasteiger partial charge in [-0.3, -0.25) is 4.79 Å². The number of benzene rings is 3. The van der Waals surface area contributed by atoms with Crippen molar-refractivity contribution in [3.8, 4) is 17.6 Å². The van der Waals surface area contributed by atoms with Crippen LogP contribution in [0.5, 0.6) is 11.5 Å². The van der Waals surface area contributed by atoms with E-state index in [4.69, 9.17) is 4.74 Å². The molecule has 0 fully saturated rings. The van der Waals surface area contributed by atoms with Crippen molar-refractivity contribution >= 4 is 17.3 Å². The third-order valence-electron chi connectivity index (χ3n) is 4.58. The maximum absolute atomic E-state index is 12.8. The summed E-state index contributed by atoms with van der Waals surface area (Å²) < 4.78 is 5.82. The Kier molecular flexibility index (Phi) is 6.49. The number of carbonyl (C=O) groups excluding carboxylic acids is 1. The zero-order valence-corrected chi connectivity index (χ0v) is 16.6. The molecule has 0 aliphatic heterocycles. The molecule has 3 aromatic rings. The third kappa shape index (κ3) is 4.94. The fourth-order valence-corrected chi connectivity index (χ4v) is 3.04. The molecule has 0 aliphatic rings. The summed E-state index contributed by atoms with van der Waals surface area (Å²) in [6, 6.07) is 23.9. The monoisotopic (exact) mass is 385 g/mol. The van der Waals surface area contributed by atoms with Crippen LogP contribution in [-0.4, -0.2) is 19.0 Å². The first-order chi connectivity index (χ1) is 14.1. The summed E-state index contributed by atoms with van der Waals surface area (Å²) in [5.41, 5.74) is 2.31. The van der Waals surface area contributed by atoms with E-state index >= 15 is 0 Å². The van der Waals surface area contributed by atoms with Crippen LogP contribution in [0.3, 0.4) is 0 Å². The zero-order chi connectivity index (χ0) is 20.6. The van der Waals surface area contributed by atoms with E-state index in [2.05, 4.69) is 30.1 Å². The van der Waals surface area contributed by atoms with Crippen LogP contribution in [-0.2, 0) is 0 Å². The van der Waals surface area contributed by atoms with E-state index in [9.17, 15) is 10.1 Å². The Labute approximate surface area is 171 Å². The molecule has 0 bridgehead atoms. The van der Waals surface area contributed by atoms with Crippen LogP contribution in [0.25, 0.3) is 0 Å². The van der Waals surface area contributed by atoms with Gasteiger partial charge in [-0.25, -0.2) is 0 Å². The Balaban J connectivity index is 1.83. The number of hydrogen-bond acceptors (Lipinski definition) is 4. The summed E-state index contributed by atoms with van der Waals surface area (Å²) in [7, 11) is 0. The molecule has 1 amide bonds. The van der Waals surface area contributed by atoms with Gasteiger partial charge in [0.05, 0.1) is 11.3 Å². The highest BCUT2D eigenvalue weighted by Crippen LogP contribution is 2.27. The standard InChI is InChI=1S/C24H23N3O2/c1-3-27(4-2)20-10-8-9-18(15-20)24(28)26-23-16-22(14-13-19(23)17-25)29-21-11-6-5-7-12-21/h5-16H,3-4H2,1-2H3,(H,26,28). The molecule has 5 heteroatoms. The van der Waals surface area contributed by atoms with Gasteiger partial charge in [0.25, 0.3) is 5.91 Å². The van der Waals surface area contributed by atoms with Crippen LogP contribution in [0.15, 0.2) is 72.8 Å². The maximum atomic E-state index is 12.8. The molecule has 0 heterocycles. The molecular weight excluding hydrogens is 362 g/mol. The Bertz CT molecular complexity index is 1020. The maximum Gasteiger partial charge on any atom is 0.255 e. The van der Waals surface area contributed by atoms with Gasteiger partial charge in [-0.1, -0.05) is 24.3 Å². The topological polar surface area (TPSA) is 65.4 Å². The lowest BCUT2D eigenvalue weighted by Crippen LogP contribution is -2.22. The van der Waals surface area contributed by atoms with Gasteiger partial charge in [-0.05, 0) is 56.3 Å². The zero-order valence-electron chi connectivity index (χ0n) is 16.6. The number of amides is 1. The van der Waals surface area contributed by atoms with Crippen LogP contribution in [0.1, 0.15) is 29.8 Å². The van der Waals surface area contributed by atoms with Crippen molar-refractivity contribution in [3.05, 3.63) is 83.9 Å². The number of anilines is 2. The molecule has 3 aromatic carbocycles. The van der Waals surface area contributed by atoms with Crippen molar-refractivity contribution in [2.24, 2.45) is 0 Å². The number of nitrogens with one attached hydrogen (secondary N) is 1. The SMILES string of the molecule is CCN(CC)c1cccc(C(=O)Nc2cc(Oc3ccccc3)ccc2C#N)c1. The first-order valence-electron chi connectivity index (χ1n) is 9.58. The van der Waals surface area contributed by atoms with E-state index in [0.29, 0.717) is 28.3 Å². The molecule has 1 N–H and O–H groups in total. The first kappa shape index (κ1) is 20.0. The molecular formula is C24H23N3O2. The number of rotatable bonds is 7. The quantitative estimate of drug-likeness (QED) is 0.587. The van der Waals surface area contributed by atoms with Gasteiger partial charge in [0.2, 0.25) is 0 Å².